The zero-order valence-corrected chi connectivity index (χ0v) is 10.7. The molecule has 0 saturated carbocycles. The summed E-state index contributed by atoms with van der Waals surface area (Å²) in [6, 6.07) is 5.88. The van der Waals surface area contributed by atoms with Crippen molar-refractivity contribution in [1.82, 2.24) is 4.90 Å². The maximum absolute atomic E-state index is 11.6. The molecule has 1 aliphatic heterocycles. The molecular weight excluding hydrogens is 232 g/mol. The van der Waals surface area contributed by atoms with Gasteiger partial charge in [-0.05, 0) is 24.1 Å². The van der Waals surface area contributed by atoms with Crippen LogP contribution < -0.4 is 10.5 Å². The molecule has 1 aromatic rings. The van der Waals surface area contributed by atoms with E-state index in [-0.39, 0.29) is 12.2 Å². The molecular formula is C13H18N2O3. The van der Waals surface area contributed by atoms with Gasteiger partial charge in [-0.2, -0.15) is 0 Å². The SMILES string of the molecule is COc1ccc(CN2CC(CN)OC2=O)cc1C. The Labute approximate surface area is 106 Å². The minimum absolute atomic E-state index is 0.183. The van der Waals surface area contributed by atoms with E-state index in [1.54, 1.807) is 12.0 Å². The number of benzene rings is 1. The van der Waals surface area contributed by atoms with Crippen LogP contribution in [0.2, 0.25) is 0 Å². The van der Waals surface area contributed by atoms with E-state index < -0.39 is 0 Å². The summed E-state index contributed by atoms with van der Waals surface area (Å²) in [6.07, 6.45) is -0.476. The first-order chi connectivity index (χ1) is 8.63. The van der Waals surface area contributed by atoms with Crippen LogP contribution >= 0.6 is 0 Å². The van der Waals surface area contributed by atoms with E-state index in [9.17, 15) is 4.79 Å². The summed E-state index contributed by atoms with van der Waals surface area (Å²) in [5.74, 6) is 0.850. The molecule has 2 rings (SSSR count). The lowest BCUT2D eigenvalue weighted by molar-refractivity contribution is 0.134. The van der Waals surface area contributed by atoms with Gasteiger partial charge in [-0.25, -0.2) is 4.79 Å². The van der Waals surface area contributed by atoms with E-state index in [2.05, 4.69) is 0 Å². The van der Waals surface area contributed by atoms with Crippen LogP contribution in [0.3, 0.4) is 0 Å². The lowest BCUT2D eigenvalue weighted by atomic mass is 10.1. The Morgan fingerprint density at radius 2 is 2.33 bits per heavy atom. The van der Waals surface area contributed by atoms with Gasteiger partial charge in [0.25, 0.3) is 0 Å². The van der Waals surface area contributed by atoms with Gasteiger partial charge in [-0.15, -0.1) is 0 Å². The van der Waals surface area contributed by atoms with Gasteiger partial charge >= 0.3 is 6.09 Å². The van der Waals surface area contributed by atoms with Crippen LogP contribution in [-0.2, 0) is 11.3 Å². The molecule has 1 atom stereocenters. The summed E-state index contributed by atoms with van der Waals surface area (Å²) in [6.45, 7) is 3.44. The average Bonchev–Trinajstić information content (AvgIpc) is 2.70. The highest BCUT2D eigenvalue weighted by Gasteiger charge is 2.30. The third-order valence-corrected chi connectivity index (χ3v) is 3.05. The number of hydrogen-bond acceptors (Lipinski definition) is 4. The Morgan fingerprint density at radius 1 is 1.56 bits per heavy atom. The van der Waals surface area contributed by atoms with Crippen LogP contribution in [-0.4, -0.2) is 37.3 Å². The molecule has 1 heterocycles. The molecule has 0 aliphatic carbocycles. The predicted octanol–water partition coefficient (Wildman–Crippen LogP) is 1.28. The van der Waals surface area contributed by atoms with Gasteiger partial charge in [0.2, 0.25) is 0 Å². The maximum Gasteiger partial charge on any atom is 0.410 e. The van der Waals surface area contributed by atoms with Gasteiger partial charge in [-0.3, -0.25) is 0 Å². The second-order valence-electron chi connectivity index (χ2n) is 4.43. The van der Waals surface area contributed by atoms with E-state index in [4.69, 9.17) is 15.2 Å². The standard InChI is InChI=1S/C13H18N2O3/c1-9-5-10(3-4-12(9)17-2)7-15-8-11(6-14)18-13(15)16/h3-5,11H,6-8,14H2,1-2H3. The van der Waals surface area contributed by atoms with Crippen LogP contribution in [0.25, 0.3) is 0 Å². The molecule has 98 valence electrons. The molecule has 1 unspecified atom stereocenters. The predicted molar refractivity (Wildman–Crippen MR) is 67.5 cm³/mol. The topological polar surface area (TPSA) is 64.8 Å². The Morgan fingerprint density at radius 3 is 2.89 bits per heavy atom. The van der Waals surface area contributed by atoms with Crippen molar-refractivity contribution in [2.45, 2.75) is 19.6 Å². The highest BCUT2D eigenvalue weighted by Crippen LogP contribution is 2.21. The van der Waals surface area contributed by atoms with Crippen molar-refractivity contribution in [3.8, 4) is 5.75 Å². The van der Waals surface area contributed by atoms with Gasteiger partial charge in [0.15, 0.2) is 0 Å². The molecule has 18 heavy (non-hydrogen) atoms. The second-order valence-corrected chi connectivity index (χ2v) is 4.43. The van der Waals surface area contributed by atoms with Crippen molar-refractivity contribution in [3.05, 3.63) is 29.3 Å². The lowest BCUT2D eigenvalue weighted by Gasteiger charge is -2.14. The summed E-state index contributed by atoms with van der Waals surface area (Å²) in [5.41, 5.74) is 7.61. The van der Waals surface area contributed by atoms with Crippen molar-refractivity contribution in [3.63, 3.8) is 0 Å². The summed E-state index contributed by atoms with van der Waals surface area (Å²) in [4.78, 5) is 13.2. The summed E-state index contributed by atoms with van der Waals surface area (Å²) in [5, 5.41) is 0. The largest absolute Gasteiger partial charge is 0.496 e. The molecule has 2 N–H and O–H groups in total. The number of nitrogens with zero attached hydrogens (tertiary/aromatic N) is 1. The molecule has 1 aliphatic rings. The normalized spacial score (nSPS) is 18.9. The van der Waals surface area contributed by atoms with E-state index in [1.807, 2.05) is 25.1 Å². The smallest absolute Gasteiger partial charge is 0.410 e. The Balaban J connectivity index is 2.06. The number of amides is 1. The highest BCUT2D eigenvalue weighted by atomic mass is 16.6. The summed E-state index contributed by atoms with van der Waals surface area (Å²) < 4.78 is 10.3. The van der Waals surface area contributed by atoms with Gasteiger partial charge < -0.3 is 20.1 Å². The van der Waals surface area contributed by atoms with E-state index in [1.165, 1.54) is 0 Å². The third kappa shape index (κ3) is 2.56. The number of nitrogens with two attached hydrogens (primary N) is 1. The maximum atomic E-state index is 11.6. The molecule has 1 saturated heterocycles. The molecule has 1 amide bonds. The monoisotopic (exact) mass is 250 g/mol. The molecule has 1 fully saturated rings. The Bertz CT molecular complexity index is 448. The molecule has 1 aromatic carbocycles. The molecule has 0 spiro atoms. The molecule has 0 bridgehead atoms. The number of aryl methyl sites for hydroxylation is 1. The first-order valence-corrected chi connectivity index (χ1v) is 5.93. The van der Waals surface area contributed by atoms with Crippen molar-refractivity contribution in [2.24, 2.45) is 5.73 Å². The summed E-state index contributed by atoms with van der Waals surface area (Å²) in [7, 11) is 1.64. The number of ether oxygens (including phenoxy) is 2. The number of methoxy groups -OCH3 is 1. The molecule has 5 nitrogen and oxygen atoms in total. The number of carbonyl (C=O) groups excluding carboxylic acids is 1. The highest BCUT2D eigenvalue weighted by molar-refractivity contribution is 5.70. The van der Waals surface area contributed by atoms with Crippen LogP contribution in [0.4, 0.5) is 4.79 Å². The fraction of sp³-hybridized carbons (Fsp3) is 0.462. The zero-order valence-electron chi connectivity index (χ0n) is 10.7. The van der Waals surface area contributed by atoms with Crippen molar-refractivity contribution < 1.29 is 14.3 Å². The van der Waals surface area contributed by atoms with Gasteiger partial charge in [0.1, 0.15) is 11.9 Å². The fourth-order valence-electron chi connectivity index (χ4n) is 2.09. The number of cyclic esters (lactones) is 1. The van der Waals surface area contributed by atoms with Gasteiger partial charge in [-0.1, -0.05) is 12.1 Å². The first kappa shape index (κ1) is 12.7. The Kier molecular flexibility index (Phi) is 3.72. The number of rotatable bonds is 4. The minimum atomic E-state index is -0.293. The minimum Gasteiger partial charge on any atom is -0.496 e. The average molecular weight is 250 g/mol. The van der Waals surface area contributed by atoms with Gasteiger partial charge in [0.05, 0.1) is 13.7 Å². The second kappa shape index (κ2) is 5.27. The quantitative estimate of drug-likeness (QED) is 0.874. The van der Waals surface area contributed by atoms with Crippen LogP contribution in [0.15, 0.2) is 18.2 Å². The molecule has 0 aromatic heterocycles. The van der Waals surface area contributed by atoms with Crippen molar-refractivity contribution in [2.75, 3.05) is 20.2 Å². The van der Waals surface area contributed by atoms with Crippen LogP contribution in [0, 0.1) is 6.92 Å². The fourth-order valence-corrected chi connectivity index (χ4v) is 2.09. The first-order valence-electron chi connectivity index (χ1n) is 5.93. The van der Waals surface area contributed by atoms with E-state index in [0.29, 0.717) is 19.6 Å². The molecule has 5 heteroatoms. The van der Waals surface area contributed by atoms with Crippen LogP contribution in [0.5, 0.6) is 5.75 Å². The molecule has 0 radical (unpaired) electrons. The lowest BCUT2D eigenvalue weighted by Crippen LogP contribution is -2.27. The third-order valence-electron chi connectivity index (χ3n) is 3.05. The van der Waals surface area contributed by atoms with Crippen LogP contribution in [0.1, 0.15) is 11.1 Å². The van der Waals surface area contributed by atoms with E-state index >= 15 is 0 Å². The number of carbonyl (C=O) groups is 1. The van der Waals surface area contributed by atoms with E-state index in [0.717, 1.165) is 16.9 Å². The Hall–Kier alpha value is -1.75. The summed E-state index contributed by atoms with van der Waals surface area (Å²) >= 11 is 0. The number of hydrogen-bond donors (Lipinski definition) is 1. The zero-order chi connectivity index (χ0) is 13.1. The van der Waals surface area contributed by atoms with Crippen molar-refractivity contribution in [1.29, 1.82) is 0 Å². The van der Waals surface area contributed by atoms with Crippen molar-refractivity contribution >= 4 is 6.09 Å². The van der Waals surface area contributed by atoms with Gasteiger partial charge in [0, 0.05) is 13.1 Å².